The first-order chi connectivity index (χ1) is 6.31. The van der Waals surface area contributed by atoms with Crippen LogP contribution in [0.2, 0.25) is 0 Å². The van der Waals surface area contributed by atoms with Crippen molar-refractivity contribution in [1.82, 2.24) is 0 Å². The topological polar surface area (TPSA) is 0 Å². The Hall–Kier alpha value is -0.260. The van der Waals surface area contributed by atoms with Crippen LogP contribution in [0.25, 0.3) is 0 Å². The molecule has 14 heavy (non-hydrogen) atoms. The summed E-state index contributed by atoms with van der Waals surface area (Å²) in [5.74, 6) is 0.879. The van der Waals surface area contributed by atoms with Gasteiger partial charge in [-0.2, -0.15) is 0 Å². The first-order valence-electron chi connectivity index (χ1n) is 5.94. The van der Waals surface area contributed by atoms with Gasteiger partial charge < -0.3 is 0 Å². The molecule has 1 atom stereocenters. The lowest BCUT2D eigenvalue weighted by Gasteiger charge is -2.20. The van der Waals surface area contributed by atoms with Crippen LogP contribution in [-0.2, 0) is 0 Å². The van der Waals surface area contributed by atoms with Gasteiger partial charge in [0.25, 0.3) is 0 Å². The van der Waals surface area contributed by atoms with Crippen LogP contribution in [0.4, 0.5) is 0 Å². The molecule has 0 heterocycles. The zero-order valence-corrected chi connectivity index (χ0v) is 11.0. The molecule has 0 aromatic carbocycles. The minimum Gasteiger partial charge on any atom is -0.0859 e. The summed E-state index contributed by atoms with van der Waals surface area (Å²) in [4.78, 5) is 0. The van der Waals surface area contributed by atoms with Crippen molar-refractivity contribution in [3.05, 3.63) is 11.6 Å². The summed E-state index contributed by atoms with van der Waals surface area (Å²) >= 11 is 0. The maximum atomic E-state index is 2.38. The Morgan fingerprint density at radius 1 is 1.14 bits per heavy atom. The van der Waals surface area contributed by atoms with Crippen LogP contribution in [0.5, 0.6) is 0 Å². The van der Waals surface area contributed by atoms with Crippen LogP contribution in [0, 0.1) is 11.3 Å². The zero-order valence-electron chi connectivity index (χ0n) is 11.0. The molecule has 0 saturated carbocycles. The van der Waals surface area contributed by atoms with E-state index >= 15 is 0 Å². The van der Waals surface area contributed by atoms with E-state index in [2.05, 4.69) is 47.6 Å². The maximum absolute atomic E-state index is 2.38. The predicted molar refractivity (Wildman–Crippen MR) is 66.5 cm³/mol. The van der Waals surface area contributed by atoms with Gasteiger partial charge in [0.15, 0.2) is 0 Å². The van der Waals surface area contributed by atoms with E-state index in [1.165, 1.54) is 31.3 Å². The molecule has 84 valence electrons. The van der Waals surface area contributed by atoms with Crippen LogP contribution in [0.1, 0.15) is 67.2 Å². The van der Waals surface area contributed by atoms with Crippen molar-refractivity contribution in [1.29, 1.82) is 0 Å². The van der Waals surface area contributed by atoms with Crippen molar-refractivity contribution in [2.45, 2.75) is 67.2 Å². The Labute approximate surface area is 90.8 Å². The van der Waals surface area contributed by atoms with E-state index in [0.717, 1.165) is 5.92 Å². The lowest BCUT2D eigenvalue weighted by molar-refractivity contribution is 0.324. The van der Waals surface area contributed by atoms with Crippen molar-refractivity contribution < 1.29 is 0 Å². The van der Waals surface area contributed by atoms with Crippen molar-refractivity contribution >= 4 is 0 Å². The molecule has 0 unspecified atom stereocenters. The van der Waals surface area contributed by atoms with E-state index in [4.69, 9.17) is 0 Å². The Bertz CT molecular complexity index is 165. The lowest BCUT2D eigenvalue weighted by Crippen LogP contribution is -2.07. The second-order valence-electron chi connectivity index (χ2n) is 6.06. The highest BCUT2D eigenvalue weighted by molar-refractivity contribution is 4.92. The Morgan fingerprint density at radius 2 is 1.71 bits per heavy atom. The fraction of sp³-hybridized carbons (Fsp3) is 0.857. The standard InChI is InChI=1S/C14H28/c1-12(2)8-7-9-13(3)10-11-14(4,5)6/h8,13H,7,9-11H2,1-6H3/t13-/m1/s1. The first kappa shape index (κ1) is 13.7. The number of hydrogen-bond acceptors (Lipinski definition) is 0. The van der Waals surface area contributed by atoms with Gasteiger partial charge in [0.05, 0.1) is 0 Å². The van der Waals surface area contributed by atoms with Crippen LogP contribution < -0.4 is 0 Å². The minimum atomic E-state index is 0.505. The van der Waals surface area contributed by atoms with E-state index in [1.807, 2.05) is 0 Å². The molecule has 0 aliphatic carbocycles. The highest BCUT2D eigenvalue weighted by Crippen LogP contribution is 2.25. The number of hydrogen-bond donors (Lipinski definition) is 0. The highest BCUT2D eigenvalue weighted by atomic mass is 14.2. The summed E-state index contributed by atoms with van der Waals surface area (Å²) in [6, 6.07) is 0. The smallest absolute Gasteiger partial charge is 0.0346 e. The molecule has 0 heteroatoms. The predicted octanol–water partition coefficient (Wildman–Crippen LogP) is 5.20. The fourth-order valence-corrected chi connectivity index (χ4v) is 1.48. The van der Waals surface area contributed by atoms with Crippen molar-refractivity contribution in [2.75, 3.05) is 0 Å². The lowest BCUT2D eigenvalue weighted by atomic mass is 9.86. The summed E-state index contributed by atoms with van der Waals surface area (Å²) in [6.07, 6.45) is 7.69. The van der Waals surface area contributed by atoms with Crippen LogP contribution >= 0.6 is 0 Å². The summed E-state index contributed by atoms with van der Waals surface area (Å²) < 4.78 is 0. The second-order valence-corrected chi connectivity index (χ2v) is 6.06. The molecule has 0 amide bonds. The van der Waals surface area contributed by atoms with Gasteiger partial charge in [-0.05, 0) is 44.4 Å². The normalized spacial score (nSPS) is 13.9. The van der Waals surface area contributed by atoms with Crippen LogP contribution in [0.3, 0.4) is 0 Å². The molecular weight excluding hydrogens is 168 g/mol. The van der Waals surface area contributed by atoms with E-state index in [-0.39, 0.29) is 0 Å². The average molecular weight is 196 g/mol. The van der Waals surface area contributed by atoms with Gasteiger partial charge in [-0.1, -0.05) is 45.8 Å². The molecule has 0 bridgehead atoms. The molecule has 0 spiro atoms. The first-order valence-corrected chi connectivity index (χ1v) is 5.94. The molecule has 0 aliphatic heterocycles. The Kier molecular flexibility index (Phi) is 6.15. The molecule has 0 aliphatic rings. The SMILES string of the molecule is CC(C)=CCC[C@@H](C)CCC(C)(C)C. The van der Waals surface area contributed by atoms with Crippen molar-refractivity contribution in [2.24, 2.45) is 11.3 Å². The van der Waals surface area contributed by atoms with Gasteiger partial charge in [0, 0.05) is 0 Å². The third kappa shape index (κ3) is 9.83. The zero-order chi connectivity index (χ0) is 11.2. The summed E-state index contributed by atoms with van der Waals surface area (Å²) in [7, 11) is 0. The molecule has 0 nitrogen and oxygen atoms in total. The molecule has 0 rings (SSSR count). The van der Waals surface area contributed by atoms with Gasteiger partial charge >= 0.3 is 0 Å². The minimum absolute atomic E-state index is 0.505. The molecule has 0 fully saturated rings. The third-order valence-electron chi connectivity index (χ3n) is 2.60. The molecule has 0 N–H and O–H groups in total. The Balaban J connectivity index is 3.56. The molecule has 0 aromatic rings. The second kappa shape index (κ2) is 6.27. The van der Waals surface area contributed by atoms with Gasteiger partial charge in [-0.25, -0.2) is 0 Å². The largest absolute Gasteiger partial charge is 0.0859 e. The third-order valence-corrected chi connectivity index (χ3v) is 2.60. The van der Waals surface area contributed by atoms with Crippen molar-refractivity contribution in [3.8, 4) is 0 Å². The average Bonchev–Trinajstić information content (AvgIpc) is 1.99. The number of rotatable bonds is 5. The van der Waals surface area contributed by atoms with E-state index in [0.29, 0.717) is 5.41 Å². The van der Waals surface area contributed by atoms with Crippen molar-refractivity contribution in [3.63, 3.8) is 0 Å². The van der Waals surface area contributed by atoms with E-state index in [9.17, 15) is 0 Å². The fourth-order valence-electron chi connectivity index (χ4n) is 1.48. The molecular formula is C14H28. The molecule has 0 radical (unpaired) electrons. The van der Waals surface area contributed by atoms with E-state index < -0.39 is 0 Å². The summed E-state index contributed by atoms with van der Waals surface area (Å²) in [5.41, 5.74) is 1.96. The van der Waals surface area contributed by atoms with Gasteiger partial charge in [0.1, 0.15) is 0 Å². The van der Waals surface area contributed by atoms with Crippen LogP contribution in [0.15, 0.2) is 11.6 Å². The number of allylic oxidation sites excluding steroid dienone is 2. The molecule has 0 aromatic heterocycles. The van der Waals surface area contributed by atoms with Gasteiger partial charge in [-0.15, -0.1) is 0 Å². The summed E-state index contributed by atoms with van der Waals surface area (Å²) in [6.45, 7) is 13.7. The monoisotopic (exact) mass is 196 g/mol. The van der Waals surface area contributed by atoms with Gasteiger partial charge in [-0.3, -0.25) is 0 Å². The van der Waals surface area contributed by atoms with Gasteiger partial charge in [0.2, 0.25) is 0 Å². The quantitative estimate of drug-likeness (QED) is 0.530. The van der Waals surface area contributed by atoms with Crippen LogP contribution in [-0.4, -0.2) is 0 Å². The Morgan fingerprint density at radius 3 is 2.14 bits per heavy atom. The highest BCUT2D eigenvalue weighted by Gasteiger charge is 2.11. The molecule has 0 saturated heterocycles. The van der Waals surface area contributed by atoms with E-state index in [1.54, 1.807) is 0 Å². The summed E-state index contributed by atoms with van der Waals surface area (Å²) in [5, 5.41) is 0. The maximum Gasteiger partial charge on any atom is -0.0346 e.